The maximum atomic E-state index is 12.5. The van der Waals surface area contributed by atoms with Gasteiger partial charge >= 0.3 is 6.61 Å². The zero-order valence-electron chi connectivity index (χ0n) is 11.9. The maximum absolute atomic E-state index is 12.5. The average molecular weight is 422 g/mol. The zero-order chi connectivity index (χ0) is 17.0. The standard InChI is InChI=1S/C15H12BrClF2N2OS/c1-8-2-4-12(13(6-8)22-14(18)19)21-15(23)20-11-5-3-9(16)7-10(11)17/h2-7,14H,1H3,(H2,20,21,23). The summed E-state index contributed by atoms with van der Waals surface area (Å²) in [7, 11) is 0. The Morgan fingerprint density at radius 2 is 1.83 bits per heavy atom. The third kappa shape index (κ3) is 5.30. The van der Waals surface area contributed by atoms with E-state index in [1.165, 1.54) is 6.07 Å². The molecule has 122 valence electrons. The van der Waals surface area contributed by atoms with Gasteiger partial charge in [0.05, 0.1) is 16.4 Å². The Labute approximate surface area is 151 Å². The highest BCUT2D eigenvalue weighted by molar-refractivity contribution is 9.10. The predicted molar refractivity (Wildman–Crippen MR) is 96.8 cm³/mol. The van der Waals surface area contributed by atoms with Crippen LogP contribution >= 0.6 is 39.7 Å². The lowest BCUT2D eigenvalue weighted by molar-refractivity contribution is -0.0493. The van der Waals surface area contributed by atoms with Crippen LogP contribution in [0.15, 0.2) is 40.9 Å². The molecular formula is C15H12BrClF2N2OS. The summed E-state index contributed by atoms with van der Waals surface area (Å²) in [5.74, 6) is 0.0195. The minimum Gasteiger partial charge on any atom is -0.433 e. The van der Waals surface area contributed by atoms with Crippen LogP contribution in [0.25, 0.3) is 0 Å². The molecule has 0 unspecified atom stereocenters. The minimum atomic E-state index is -2.92. The smallest absolute Gasteiger partial charge is 0.387 e. The van der Waals surface area contributed by atoms with Crippen LogP contribution in [0.1, 0.15) is 5.56 Å². The molecule has 0 heterocycles. The first kappa shape index (κ1) is 17.9. The van der Waals surface area contributed by atoms with Crippen molar-refractivity contribution >= 4 is 56.2 Å². The first-order valence-corrected chi connectivity index (χ1v) is 8.01. The molecule has 0 saturated carbocycles. The molecule has 0 amide bonds. The normalized spacial score (nSPS) is 10.5. The highest BCUT2D eigenvalue weighted by Crippen LogP contribution is 2.29. The number of hydrogen-bond acceptors (Lipinski definition) is 2. The molecule has 0 aromatic heterocycles. The van der Waals surface area contributed by atoms with Gasteiger partial charge in [-0.15, -0.1) is 0 Å². The molecule has 8 heteroatoms. The van der Waals surface area contributed by atoms with Crippen LogP contribution in [0.3, 0.4) is 0 Å². The second-order valence-corrected chi connectivity index (χ2v) is 6.31. The van der Waals surface area contributed by atoms with Crippen LogP contribution in [-0.2, 0) is 0 Å². The van der Waals surface area contributed by atoms with Crippen molar-refractivity contribution in [1.29, 1.82) is 0 Å². The summed E-state index contributed by atoms with van der Waals surface area (Å²) in [6.45, 7) is -1.14. The minimum absolute atomic E-state index is 0.0195. The second kappa shape index (κ2) is 7.90. The summed E-state index contributed by atoms with van der Waals surface area (Å²) in [6, 6.07) is 10.1. The summed E-state index contributed by atoms with van der Waals surface area (Å²) >= 11 is 14.6. The van der Waals surface area contributed by atoms with Crippen LogP contribution in [0.2, 0.25) is 5.02 Å². The average Bonchev–Trinajstić information content (AvgIpc) is 2.44. The largest absolute Gasteiger partial charge is 0.433 e. The first-order valence-electron chi connectivity index (χ1n) is 6.43. The Bertz CT molecular complexity index is 731. The third-order valence-corrected chi connectivity index (χ3v) is 3.79. The zero-order valence-corrected chi connectivity index (χ0v) is 15.0. The Balaban J connectivity index is 2.13. The molecule has 0 aliphatic rings. The molecule has 0 bridgehead atoms. The number of rotatable bonds is 4. The van der Waals surface area contributed by atoms with Crippen molar-refractivity contribution in [2.24, 2.45) is 0 Å². The number of ether oxygens (including phenoxy) is 1. The SMILES string of the molecule is Cc1ccc(NC(=S)Nc2ccc(Br)cc2Cl)c(OC(F)F)c1. The van der Waals surface area contributed by atoms with Crippen molar-refractivity contribution < 1.29 is 13.5 Å². The molecule has 0 spiro atoms. The molecule has 0 radical (unpaired) electrons. The number of hydrogen-bond donors (Lipinski definition) is 2. The van der Waals surface area contributed by atoms with Gasteiger partial charge in [-0.3, -0.25) is 0 Å². The van der Waals surface area contributed by atoms with Crippen LogP contribution < -0.4 is 15.4 Å². The van der Waals surface area contributed by atoms with Gasteiger partial charge in [0.1, 0.15) is 5.75 Å². The summed E-state index contributed by atoms with van der Waals surface area (Å²) in [5, 5.41) is 6.41. The van der Waals surface area contributed by atoms with Crippen LogP contribution in [0, 0.1) is 6.92 Å². The van der Waals surface area contributed by atoms with E-state index in [1.54, 1.807) is 37.3 Å². The molecule has 3 nitrogen and oxygen atoms in total. The fourth-order valence-electron chi connectivity index (χ4n) is 1.79. The van der Waals surface area contributed by atoms with Gasteiger partial charge in [0.25, 0.3) is 0 Å². The van der Waals surface area contributed by atoms with Gasteiger partial charge in [-0.2, -0.15) is 8.78 Å². The van der Waals surface area contributed by atoms with Gasteiger partial charge in [0.2, 0.25) is 0 Å². The lowest BCUT2D eigenvalue weighted by Gasteiger charge is -2.15. The maximum Gasteiger partial charge on any atom is 0.387 e. The van der Waals surface area contributed by atoms with E-state index >= 15 is 0 Å². The third-order valence-electron chi connectivity index (χ3n) is 2.78. The van der Waals surface area contributed by atoms with Crippen LogP contribution in [0.5, 0.6) is 5.75 Å². The van der Waals surface area contributed by atoms with Crippen molar-refractivity contribution in [2.45, 2.75) is 13.5 Å². The van der Waals surface area contributed by atoms with Crippen molar-refractivity contribution in [2.75, 3.05) is 10.6 Å². The quantitative estimate of drug-likeness (QED) is 0.609. The van der Waals surface area contributed by atoms with E-state index in [-0.39, 0.29) is 10.9 Å². The number of nitrogens with one attached hydrogen (secondary N) is 2. The molecule has 2 aromatic carbocycles. The summed E-state index contributed by atoms with van der Waals surface area (Å²) in [6.07, 6.45) is 0. The van der Waals surface area contributed by atoms with E-state index < -0.39 is 6.61 Å². The van der Waals surface area contributed by atoms with Crippen molar-refractivity contribution in [3.05, 3.63) is 51.5 Å². The Morgan fingerprint density at radius 1 is 1.17 bits per heavy atom. The highest BCUT2D eigenvalue weighted by atomic mass is 79.9. The van der Waals surface area contributed by atoms with E-state index in [0.29, 0.717) is 16.4 Å². The number of alkyl halides is 2. The van der Waals surface area contributed by atoms with E-state index in [4.69, 9.17) is 23.8 Å². The highest BCUT2D eigenvalue weighted by Gasteiger charge is 2.12. The van der Waals surface area contributed by atoms with E-state index in [0.717, 1.165) is 10.0 Å². The Kier molecular flexibility index (Phi) is 6.15. The van der Waals surface area contributed by atoms with Crippen LogP contribution in [0.4, 0.5) is 20.2 Å². The van der Waals surface area contributed by atoms with Gasteiger partial charge in [0, 0.05) is 4.47 Å². The number of thiocarbonyl (C=S) groups is 1. The monoisotopic (exact) mass is 420 g/mol. The molecule has 0 aliphatic carbocycles. The van der Waals surface area contributed by atoms with Gasteiger partial charge in [-0.1, -0.05) is 33.6 Å². The summed E-state index contributed by atoms with van der Waals surface area (Å²) in [4.78, 5) is 0. The predicted octanol–water partition coefficient (Wildman–Crippen LogP) is 5.82. The van der Waals surface area contributed by atoms with E-state index in [1.807, 2.05) is 0 Å². The molecule has 23 heavy (non-hydrogen) atoms. The molecular weight excluding hydrogens is 410 g/mol. The lowest BCUT2D eigenvalue weighted by Crippen LogP contribution is -2.20. The molecule has 0 atom stereocenters. The van der Waals surface area contributed by atoms with Gasteiger partial charge in [-0.25, -0.2) is 0 Å². The second-order valence-electron chi connectivity index (χ2n) is 4.58. The molecule has 2 aromatic rings. The van der Waals surface area contributed by atoms with E-state index in [2.05, 4.69) is 31.3 Å². The Morgan fingerprint density at radius 3 is 2.48 bits per heavy atom. The summed E-state index contributed by atoms with van der Waals surface area (Å²) < 4.78 is 30.3. The number of benzene rings is 2. The lowest BCUT2D eigenvalue weighted by atomic mass is 10.2. The van der Waals surface area contributed by atoms with Gasteiger partial charge in [-0.05, 0) is 55.0 Å². The van der Waals surface area contributed by atoms with E-state index in [9.17, 15) is 8.78 Å². The van der Waals surface area contributed by atoms with Crippen molar-refractivity contribution in [3.63, 3.8) is 0 Å². The Hall–Kier alpha value is -1.44. The van der Waals surface area contributed by atoms with Gasteiger partial charge in [0.15, 0.2) is 5.11 Å². The molecule has 0 aliphatic heterocycles. The van der Waals surface area contributed by atoms with Crippen molar-refractivity contribution in [1.82, 2.24) is 0 Å². The fourth-order valence-corrected chi connectivity index (χ4v) is 2.73. The molecule has 2 rings (SSSR count). The number of aryl methyl sites for hydroxylation is 1. The van der Waals surface area contributed by atoms with Crippen molar-refractivity contribution in [3.8, 4) is 5.75 Å². The molecule has 0 fully saturated rings. The molecule has 0 saturated heterocycles. The topological polar surface area (TPSA) is 33.3 Å². The van der Waals surface area contributed by atoms with Gasteiger partial charge < -0.3 is 15.4 Å². The first-order chi connectivity index (χ1) is 10.8. The number of halogens is 4. The van der Waals surface area contributed by atoms with Crippen LogP contribution in [-0.4, -0.2) is 11.7 Å². The molecule has 2 N–H and O–H groups in total. The number of anilines is 2. The fraction of sp³-hybridized carbons (Fsp3) is 0.133. The summed E-state index contributed by atoms with van der Waals surface area (Å²) in [5.41, 5.74) is 1.72.